The van der Waals surface area contributed by atoms with Gasteiger partial charge in [-0.05, 0) is 43.4 Å². The molecule has 0 bridgehead atoms. The highest BCUT2D eigenvalue weighted by Crippen LogP contribution is 2.45. The second-order valence-corrected chi connectivity index (χ2v) is 29.8. The summed E-state index contributed by atoms with van der Waals surface area (Å²) in [5.74, 6) is 0.210. The molecule has 0 saturated heterocycles. The van der Waals surface area contributed by atoms with Gasteiger partial charge in [0.05, 0.1) is 26.4 Å². The van der Waals surface area contributed by atoms with Gasteiger partial charge >= 0.3 is 39.5 Å². The third-order valence-corrected chi connectivity index (χ3v) is 19.3. The molecule has 0 rings (SSSR count). The Labute approximate surface area is 556 Å². The number of ether oxygens (including phenoxy) is 4. The van der Waals surface area contributed by atoms with Crippen molar-refractivity contribution in [2.75, 3.05) is 39.6 Å². The van der Waals surface area contributed by atoms with Gasteiger partial charge in [0, 0.05) is 25.7 Å². The lowest BCUT2D eigenvalue weighted by Gasteiger charge is -2.21. The van der Waals surface area contributed by atoms with E-state index in [2.05, 4.69) is 48.5 Å². The highest BCUT2D eigenvalue weighted by molar-refractivity contribution is 7.47. The van der Waals surface area contributed by atoms with Gasteiger partial charge in [0.15, 0.2) is 12.2 Å². The topological polar surface area (TPSA) is 237 Å². The van der Waals surface area contributed by atoms with Crippen LogP contribution >= 0.6 is 15.6 Å². The summed E-state index contributed by atoms with van der Waals surface area (Å²) in [6, 6.07) is 0. The number of esters is 4. The number of rotatable bonds is 70. The van der Waals surface area contributed by atoms with Gasteiger partial charge in [-0.25, -0.2) is 9.13 Å². The fourth-order valence-corrected chi connectivity index (χ4v) is 12.4. The van der Waals surface area contributed by atoms with E-state index in [9.17, 15) is 43.2 Å². The number of aliphatic hydroxyl groups excluding tert-OH is 1. The Morgan fingerprint density at radius 1 is 0.319 bits per heavy atom. The fourth-order valence-electron chi connectivity index (χ4n) is 10.8. The first-order valence-electron chi connectivity index (χ1n) is 37.4. The molecule has 0 saturated carbocycles. The molecule has 0 aliphatic heterocycles. The van der Waals surface area contributed by atoms with Gasteiger partial charge in [0.2, 0.25) is 0 Å². The zero-order valence-corrected chi connectivity index (χ0v) is 61.1. The molecule has 0 spiro atoms. The SMILES string of the molecule is CCCCCCCCCCCCCC(=O)OC[C@H](COP(=O)(O)OC[C@H](O)COP(=O)(O)OC[C@@H](COC(=O)CCCCCCCCCCC(C)CC)OC(=O)CCCCCCCCCCCCCCCC(C)C)OC(=O)CCCCCCCCCCC(C)CC. The minimum Gasteiger partial charge on any atom is -0.462 e. The average molecular weight is 1340 g/mol. The van der Waals surface area contributed by atoms with E-state index in [1.807, 2.05) is 0 Å². The highest BCUT2D eigenvalue weighted by Gasteiger charge is 2.30. The molecule has 91 heavy (non-hydrogen) atoms. The predicted molar refractivity (Wildman–Crippen MR) is 368 cm³/mol. The first-order chi connectivity index (χ1) is 43.8. The van der Waals surface area contributed by atoms with Crippen molar-refractivity contribution < 1.29 is 80.2 Å². The van der Waals surface area contributed by atoms with E-state index in [1.165, 1.54) is 173 Å². The van der Waals surface area contributed by atoms with Crippen molar-refractivity contribution >= 4 is 39.5 Å². The van der Waals surface area contributed by atoms with Crippen LogP contribution in [0.2, 0.25) is 0 Å². The molecule has 0 radical (unpaired) electrons. The number of hydrogen-bond acceptors (Lipinski definition) is 15. The Morgan fingerprint density at radius 3 is 0.835 bits per heavy atom. The van der Waals surface area contributed by atoms with Crippen molar-refractivity contribution in [3.8, 4) is 0 Å². The number of carbonyl (C=O) groups is 4. The molecular formula is C72H140O17P2. The van der Waals surface area contributed by atoms with Gasteiger partial charge in [-0.2, -0.15) is 0 Å². The molecule has 0 heterocycles. The average Bonchev–Trinajstić information content (AvgIpc) is 2.95. The number of hydrogen-bond donors (Lipinski definition) is 3. The second kappa shape index (κ2) is 62.8. The summed E-state index contributed by atoms with van der Waals surface area (Å²) in [5.41, 5.74) is 0. The van der Waals surface area contributed by atoms with Crippen LogP contribution in [0, 0.1) is 17.8 Å². The Bertz CT molecular complexity index is 1790. The Hall–Kier alpha value is -1.94. The molecule has 0 aliphatic carbocycles. The minimum absolute atomic E-state index is 0.105. The second-order valence-electron chi connectivity index (χ2n) is 26.9. The summed E-state index contributed by atoms with van der Waals surface area (Å²) >= 11 is 0. The van der Waals surface area contributed by atoms with Crippen LogP contribution in [0.3, 0.4) is 0 Å². The van der Waals surface area contributed by atoms with Crippen LogP contribution in [0.5, 0.6) is 0 Å². The summed E-state index contributed by atoms with van der Waals surface area (Å²) in [5, 5.41) is 10.6. The van der Waals surface area contributed by atoms with Gasteiger partial charge in [-0.1, -0.05) is 312 Å². The Balaban J connectivity index is 5.26. The molecule has 0 aliphatic rings. The van der Waals surface area contributed by atoms with Crippen molar-refractivity contribution in [3.63, 3.8) is 0 Å². The quantitative estimate of drug-likeness (QED) is 0.0222. The smallest absolute Gasteiger partial charge is 0.462 e. The molecule has 17 nitrogen and oxygen atoms in total. The number of phosphoric ester groups is 2. The van der Waals surface area contributed by atoms with E-state index in [-0.39, 0.29) is 25.7 Å². The van der Waals surface area contributed by atoms with Crippen molar-refractivity contribution in [1.82, 2.24) is 0 Å². The van der Waals surface area contributed by atoms with E-state index < -0.39 is 97.5 Å². The summed E-state index contributed by atoms with van der Waals surface area (Å²) < 4.78 is 68.4. The predicted octanol–water partition coefficient (Wildman–Crippen LogP) is 20.6. The van der Waals surface area contributed by atoms with Crippen LogP contribution in [0.4, 0.5) is 0 Å². The maximum atomic E-state index is 13.0. The largest absolute Gasteiger partial charge is 0.472 e. The lowest BCUT2D eigenvalue weighted by molar-refractivity contribution is -0.161. The summed E-state index contributed by atoms with van der Waals surface area (Å²) in [6.07, 6.45) is 47.0. The van der Waals surface area contributed by atoms with Gasteiger partial charge in [-0.3, -0.25) is 37.3 Å². The Kier molecular flexibility index (Phi) is 61.5. The lowest BCUT2D eigenvalue weighted by Crippen LogP contribution is -2.30. The molecule has 0 aromatic heterocycles. The van der Waals surface area contributed by atoms with Crippen molar-refractivity contribution in [3.05, 3.63) is 0 Å². The molecule has 540 valence electrons. The van der Waals surface area contributed by atoms with Gasteiger partial charge in [0.1, 0.15) is 19.3 Å². The summed E-state index contributed by atoms with van der Waals surface area (Å²) in [7, 11) is -9.91. The van der Waals surface area contributed by atoms with Gasteiger partial charge < -0.3 is 33.8 Å². The van der Waals surface area contributed by atoms with E-state index in [0.29, 0.717) is 25.7 Å². The van der Waals surface area contributed by atoms with Crippen LogP contribution in [0.15, 0.2) is 0 Å². The van der Waals surface area contributed by atoms with Crippen LogP contribution in [-0.2, 0) is 65.4 Å². The third-order valence-electron chi connectivity index (χ3n) is 17.4. The van der Waals surface area contributed by atoms with Crippen LogP contribution in [0.1, 0.15) is 363 Å². The maximum Gasteiger partial charge on any atom is 0.472 e. The molecule has 0 fully saturated rings. The van der Waals surface area contributed by atoms with E-state index in [1.54, 1.807) is 0 Å². The van der Waals surface area contributed by atoms with Gasteiger partial charge in [-0.15, -0.1) is 0 Å². The van der Waals surface area contributed by atoms with E-state index in [4.69, 9.17) is 37.0 Å². The molecule has 7 atom stereocenters. The first-order valence-corrected chi connectivity index (χ1v) is 40.4. The zero-order valence-electron chi connectivity index (χ0n) is 59.3. The monoisotopic (exact) mass is 1340 g/mol. The molecular weight excluding hydrogens is 1200 g/mol. The highest BCUT2D eigenvalue weighted by atomic mass is 31.2. The van der Waals surface area contributed by atoms with Crippen LogP contribution in [0.25, 0.3) is 0 Å². The van der Waals surface area contributed by atoms with Crippen molar-refractivity contribution in [2.45, 2.75) is 381 Å². The molecule has 3 N–H and O–H groups in total. The molecule has 4 unspecified atom stereocenters. The van der Waals surface area contributed by atoms with Crippen LogP contribution in [-0.4, -0.2) is 96.7 Å². The van der Waals surface area contributed by atoms with Crippen LogP contribution < -0.4 is 0 Å². The lowest BCUT2D eigenvalue weighted by atomic mass is 9.99. The summed E-state index contributed by atoms with van der Waals surface area (Å²) in [6.45, 7) is 11.9. The summed E-state index contributed by atoms with van der Waals surface area (Å²) in [4.78, 5) is 72.6. The molecule has 0 aromatic rings. The number of aliphatic hydroxyl groups is 1. The molecule has 0 aromatic carbocycles. The zero-order chi connectivity index (χ0) is 67.3. The Morgan fingerprint density at radius 2 is 0.560 bits per heavy atom. The molecule has 19 heteroatoms. The van der Waals surface area contributed by atoms with Gasteiger partial charge in [0.25, 0.3) is 0 Å². The fraction of sp³-hybridized carbons (Fsp3) is 0.944. The van der Waals surface area contributed by atoms with E-state index >= 15 is 0 Å². The third kappa shape index (κ3) is 63.9. The van der Waals surface area contributed by atoms with Crippen molar-refractivity contribution in [1.29, 1.82) is 0 Å². The first kappa shape index (κ1) is 89.1. The number of phosphoric acid groups is 2. The standard InChI is InChI=1S/C72H140O17P2/c1-8-11-12-13-14-15-19-23-32-39-46-53-69(74)82-59-68(89-72(77)56-49-42-35-28-26-31-38-45-52-65(7)10-3)62-87-91(80,81)85-58-66(73)57-84-90(78,79)86-61-67(60-83-70(75)54-47-40-33-27-25-30-37-44-51-64(6)9-2)88-71(76)55-48-41-34-24-21-18-16-17-20-22-29-36-43-50-63(4)5/h63-68,73H,8-62H2,1-7H3,(H,78,79)(H,80,81)/t64?,65?,66-,67-,68-/m1/s1. The molecule has 0 amide bonds. The number of unbranched alkanes of at least 4 members (excludes halogenated alkanes) is 36. The maximum absolute atomic E-state index is 13.0. The van der Waals surface area contributed by atoms with Crippen molar-refractivity contribution in [2.24, 2.45) is 17.8 Å². The minimum atomic E-state index is -4.95. The number of carbonyl (C=O) groups excluding carboxylic acids is 4. The normalized spacial score (nSPS) is 14.8. The van der Waals surface area contributed by atoms with E-state index in [0.717, 1.165) is 108 Å².